The molecule has 0 aliphatic carbocycles. The van der Waals surface area contributed by atoms with E-state index in [1.807, 2.05) is 45.5 Å². The number of carbonyl (C=O) groups is 1. The molecule has 1 rings (SSSR count). The van der Waals surface area contributed by atoms with E-state index in [0.717, 1.165) is 19.0 Å². The van der Waals surface area contributed by atoms with Gasteiger partial charge in [0, 0.05) is 29.8 Å². The molecule has 0 aromatic heterocycles. The van der Waals surface area contributed by atoms with Gasteiger partial charge in [0.25, 0.3) is 0 Å². The highest BCUT2D eigenvalue weighted by Crippen LogP contribution is 2.22. The highest BCUT2D eigenvalue weighted by Gasteiger charge is 2.26. The molecular formula is C19H33IN4OS. The first-order valence-corrected chi connectivity index (χ1v) is 9.79. The van der Waals surface area contributed by atoms with E-state index in [1.54, 1.807) is 0 Å². The molecule has 0 radical (unpaired) electrons. The predicted octanol–water partition coefficient (Wildman–Crippen LogP) is 3.50. The number of guanidine groups is 1. The summed E-state index contributed by atoms with van der Waals surface area (Å²) in [6.45, 7) is 12.6. The summed E-state index contributed by atoms with van der Waals surface area (Å²) in [5, 5.41) is 9.89. The molecule has 1 amide bonds. The van der Waals surface area contributed by atoms with E-state index < -0.39 is 5.41 Å². The highest BCUT2D eigenvalue weighted by molar-refractivity contribution is 14.0. The molecule has 5 nitrogen and oxygen atoms in total. The summed E-state index contributed by atoms with van der Waals surface area (Å²) in [6, 6.07) is 10.4. The first-order chi connectivity index (χ1) is 11.9. The summed E-state index contributed by atoms with van der Waals surface area (Å²) in [5.74, 6) is 0.781. The minimum Gasteiger partial charge on any atom is -0.357 e. The van der Waals surface area contributed by atoms with Gasteiger partial charge < -0.3 is 16.0 Å². The maximum Gasteiger partial charge on any atom is 0.227 e. The van der Waals surface area contributed by atoms with Crippen molar-refractivity contribution >= 4 is 47.6 Å². The maximum atomic E-state index is 12.1. The van der Waals surface area contributed by atoms with Gasteiger partial charge >= 0.3 is 0 Å². The van der Waals surface area contributed by atoms with Crippen LogP contribution in [0.3, 0.4) is 0 Å². The van der Waals surface area contributed by atoms with Gasteiger partial charge in [-0.3, -0.25) is 9.79 Å². The fraction of sp³-hybridized carbons (Fsp3) is 0.579. The molecule has 148 valence electrons. The van der Waals surface area contributed by atoms with Crippen molar-refractivity contribution in [3.63, 3.8) is 0 Å². The summed E-state index contributed by atoms with van der Waals surface area (Å²) in [4.78, 5) is 17.9. The third-order valence-corrected chi connectivity index (χ3v) is 4.68. The Morgan fingerprint density at radius 3 is 2.31 bits per heavy atom. The van der Waals surface area contributed by atoms with Crippen molar-refractivity contribution in [1.82, 2.24) is 16.0 Å². The summed E-state index contributed by atoms with van der Waals surface area (Å²) in [7, 11) is 0. The number of hydrogen-bond donors (Lipinski definition) is 3. The van der Waals surface area contributed by atoms with Crippen LogP contribution in [0.4, 0.5) is 0 Å². The molecule has 0 heterocycles. The van der Waals surface area contributed by atoms with Crippen molar-refractivity contribution in [2.75, 3.05) is 26.2 Å². The Bertz CT molecular complexity index is 552. The van der Waals surface area contributed by atoms with E-state index in [4.69, 9.17) is 0 Å². The predicted molar refractivity (Wildman–Crippen MR) is 124 cm³/mol. The van der Waals surface area contributed by atoms with Crippen molar-refractivity contribution in [1.29, 1.82) is 0 Å². The largest absolute Gasteiger partial charge is 0.357 e. The van der Waals surface area contributed by atoms with E-state index in [9.17, 15) is 4.79 Å². The number of nitrogens with zero attached hydrogens (tertiary/aromatic N) is 1. The average Bonchev–Trinajstić information content (AvgIpc) is 2.58. The summed E-state index contributed by atoms with van der Waals surface area (Å²) >= 11 is 1.83. The van der Waals surface area contributed by atoms with Gasteiger partial charge in [-0.15, -0.1) is 35.7 Å². The van der Waals surface area contributed by atoms with Crippen molar-refractivity contribution < 1.29 is 4.79 Å². The number of carbonyl (C=O) groups excluding carboxylic acids is 1. The molecular weight excluding hydrogens is 459 g/mol. The van der Waals surface area contributed by atoms with E-state index in [0.29, 0.717) is 18.3 Å². The SMILES string of the molecule is CCNC(=O)C(C)(C)CN=C(NCC)NCC(C)Sc1ccccc1.I. The lowest BCUT2D eigenvalue weighted by Gasteiger charge is -2.22. The number of amides is 1. The van der Waals surface area contributed by atoms with Gasteiger partial charge in [0.05, 0.1) is 12.0 Å². The van der Waals surface area contributed by atoms with E-state index in [1.165, 1.54) is 4.90 Å². The van der Waals surface area contributed by atoms with Crippen LogP contribution in [0.5, 0.6) is 0 Å². The smallest absolute Gasteiger partial charge is 0.227 e. The van der Waals surface area contributed by atoms with Crippen LogP contribution in [0.15, 0.2) is 40.2 Å². The van der Waals surface area contributed by atoms with Crippen LogP contribution in [-0.4, -0.2) is 43.3 Å². The van der Waals surface area contributed by atoms with Crippen LogP contribution in [0.1, 0.15) is 34.6 Å². The maximum absolute atomic E-state index is 12.1. The molecule has 26 heavy (non-hydrogen) atoms. The quantitative estimate of drug-likeness (QED) is 0.214. The first-order valence-electron chi connectivity index (χ1n) is 8.91. The zero-order valence-electron chi connectivity index (χ0n) is 16.5. The minimum absolute atomic E-state index is 0. The normalized spacial score (nSPS) is 12.7. The van der Waals surface area contributed by atoms with Crippen molar-refractivity contribution in [2.24, 2.45) is 10.4 Å². The van der Waals surface area contributed by atoms with E-state index in [-0.39, 0.29) is 29.9 Å². The van der Waals surface area contributed by atoms with Gasteiger partial charge in [0.1, 0.15) is 0 Å². The van der Waals surface area contributed by atoms with Crippen molar-refractivity contribution in [3.8, 4) is 0 Å². The highest BCUT2D eigenvalue weighted by atomic mass is 127. The van der Waals surface area contributed by atoms with Gasteiger partial charge in [-0.25, -0.2) is 0 Å². The van der Waals surface area contributed by atoms with Gasteiger partial charge in [0.2, 0.25) is 5.91 Å². The van der Waals surface area contributed by atoms with Gasteiger partial charge in [-0.2, -0.15) is 0 Å². The summed E-state index contributed by atoms with van der Waals surface area (Å²) < 4.78 is 0. The molecule has 0 saturated heterocycles. The Balaban J connectivity index is 0.00000625. The average molecular weight is 492 g/mol. The zero-order chi connectivity index (χ0) is 18.7. The standard InChI is InChI=1S/C19H32N4OS.HI/c1-6-20-17(24)19(4,5)14-23-18(21-7-2)22-13-15(3)25-16-11-9-8-10-12-16;/h8-12,15H,6-7,13-14H2,1-5H3,(H,20,24)(H2,21,22,23);1H. The number of rotatable bonds is 9. The van der Waals surface area contributed by atoms with E-state index >= 15 is 0 Å². The summed E-state index contributed by atoms with van der Waals surface area (Å²) in [6.07, 6.45) is 0. The first kappa shape index (κ1) is 25.0. The molecule has 1 aromatic carbocycles. The van der Waals surface area contributed by atoms with Gasteiger partial charge in [0.15, 0.2) is 5.96 Å². The molecule has 0 aliphatic rings. The lowest BCUT2D eigenvalue weighted by molar-refractivity contribution is -0.128. The fourth-order valence-corrected chi connectivity index (χ4v) is 3.05. The molecule has 7 heteroatoms. The van der Waals surface area contributed by atoms with Crippen LogP contribution in [0.25, 0.3) is 0 Å². The Labute approximate surface area is 179 Å². The number of hydrogen-bond acceptors (Lipinski definition) is 3. The molecule has 3 N–H and O–H groups in total. The summed E-state index contributed by atoms with van der Waals surface area (Å²) in [5.41, 5.74) is -0.525. The second-order valence-electron chi connectivity index (χ2n) is 6.56. The van der Waals surface area contributed by atoms with Gasteiger partial charge in [-0.1, -0.05) is 25.1 Å². The van der Waals surface area contributed by atoms with Crippen LogP contribution in [0.2, 0.25) is 0 Å². The van der Waals surface area contributed by atoms with Crippen LogP contribution < -0.4 is 16.0 Å². The second kappa shape index (κ2) is 13.2. The Morgan fingerprint density at radius 1 is 1.12 bits per heavy atom. The number of halogens is 1. The Hall–Kier alpha value is -0.960. The monoisotopic (exact) mass is 492 g/mol. The Morgan fingerprint density at radius 2 is 1.73 bits per heavy atom. The molecule has 1 unspecified atom stereocenters. The number of nitrogens with one attached hydrogen (secondary N) is 3. The number of aliphatic imine (C=N–C) groups is 1. The molecule has 0 saturated carbocycles. The van der Waals surface area contributed by atoms with Crippen molar-refractivity contribution in [2.45, 2.75) is 44.8 Å². The Kier molecular flexibility index (Phi) is 12.8. The van der Waals surface area contributed by atoms with Crippen LogP contribution >= 0.6 is 35.7 Å². The molecule has 1 atom stereocenters. The second-order valence-corrected chi connectivity index (χ2v) is 8.07. The lowest BCUT2D eigenvalue weighted by atomic mass is 9.92. The van der Waals surface area contributed by atoms with E-state index in [2.05, 4.69) is 52.1 Å². The number of benzene rings is 1. The topological polar surface area (TPSA) is 65.5 Å². The minimum atomic E-state index is -0.525. The van der Waals surface area contributed by atoms with Crippen LogP contribution in [-0.2, 0) is 4.79 Å². The molecule has 0 spiro atoms. The van der Waals surface area contributed by atoms with Crippen molar-refractivity contribution in [3.05, 3.63) is 30.3 Å². The molecule has 0 bridgehead atoms. The molecule has 0 aliphatic heterocycles. The molecule has 0 fully saturated rings. The lowest BCUT2D eigenvalue weighted by Crippen LogP contribution is -2.43. The molecule has 1 aromatic rings. The van der Waals surface area contributed by atoms with Crippen LogP contribution in [0, 0.1) is 5.41 Å². The zero-order valence-corrected chi connectivity index (χ0v) is 19.6. The number of thioether (sulfide) groups is 1. The third kappa shape index (κ3) is 9.66. The third-order valence-electron chi connectivity index (χ3n) is 3.57. The fourth-order valence-electron chi connectivity index (χ4n) is 2.10. The van der Waals surface area contributed by atoms with Gasteiger partial charge in [-0.05, 0) is 39.8 Å².